The number of likely N-dealkylation sites (tertiary alicyclic amines) is 1. The minimum Gasteiger partial charge on any atom is -0.507 e. The molecule has 0 unspecified atom stereocenters. The van der Waals surface area contributed by atoms with Gasteiger partial charge in [-0.05, 0) is 86.6 Å². The van der Waals surface area contributed by atoms with E-state index in [0.29, 0.717) is 49.9 Å². The van der Waals surface area contributed by atoms with Crippen LogP contribution in [0.3, 0.4) is 0 Å². The van der Waals surface area contributed by atoms with E-state index in [9.17, 15) is 22.7 Å². The number of piperidine rings is 1. The molecule has 1 fully saturated rings. The van der Waals surface area contributed by atoms with E-state index in [4.69, 9.17) is 10.5 Å². The summed E-state index contributed by atoms with van der Waals surface area (Å²) in [5.74, 6) is -0.273. The minimum absolute atomic E-state index is 0.0464. The van der Waals surface area contributed by atoms with Gasteiger partial charge >= 0.3 is 6.18 Å². The molecule has 4 nitrogen and oxygen atoms in total. The standard InChI is InChI=1S/C25H30F4N2O2/c1-15-2-3-20-21(24(15)32)13-23(33-22(20)4-7-30)17-5-8-31(9-6-17)14-16-10-18(25(27,28)29)12-19(26)11-16/h2-3,10-12,17,22-23,32H,4-9,13-14,30H2,1H3/t22-,23-/m0/s1. The summed E-state index contributed by atoms with van der Waals surface area (Å²) < 4.78 is 59.2. The third kappa shape index (κ3) is 5.34. The Bertz CT molecular complexity index is 987. The number of alkyl halides is 3. The lowest BCUT2D eigenvalue weighted by molar-refractivity contribution is -0.137. The fourth-order valence-electron chi connectivity index (χ4n) is 5.12. The number of aromatic hydroxyl groups is 1. The zero-order chi connectivity index (χ0) is 23.8. The van der Waals surface area contributed by atoms with Crippen LogP contribution in [0.15, 0.2) is 30.3 Å². The molecule has 180 valence electrons. The van der Waals surface area contributed by atoms with Gasteiger partial charge in [-0.15, -0.1) is 0 Å². The van der Waals surface area contributed by atoms with Crippen LogP contribution in [0, 0.1) is 18.7 Å². The van der Waals surface area contributed by atoms with Crippen LogP contribution in [0.25, 0.3) is 0 Å². The van der Waals surface area contributed by atoms with Gasteiger partial charge in [-0.25, -0.2) is 4.39 Å². The van der Waals surface area contributed by atoms with Crippen LogP contribution >= 0.6 is 0 Å². The summed E-state index contributed by atoms with van der Waals surface area (Å²) >= 11 is 0. The molecule has 0 radical (unpaired) electrons. The van der Waals surface area contributed by atoms with Gasteiger partial charge in [-0.2, -0.15) is 13.2 Å². The Morgan fingerprint density at radius 2 is 1.88 bits per heavy atom. The monoisotopic (exact) mass is 466 g/mol. The number of rotatable bonds is 5. The van der Waals surface area contributed by atoms with E-state index in [-0.39, 0.29) is 24.7 Å². The molecule has 0 aromatic heterocycles. The first kappa shape index (κ1) is 24.0. The predicted molar refractivity (Wildman–Crippen MR) is 117 cm³/mol. The highest BCUT2D eigenvalue weighted by molar-refractivity contribution is 5.47. The molecule has 2 aliphatic heterocycles. The zero-order valence-corrected chi connectivity index (χ0v) is 18.7. The molecule has 0 spiro atoms. The molecule has 3 N–H and O–H groups in total. The summed E-state index contributed by atoms with van der Waals surface area (Å²) in [6.45, 7) is 4.02. The van der Waals surface area contributed by atoms with Crippen LogP contribution in [-0.2, 0) is 23.9 Å². The van der Waals surface area contributed by atoms with Crippen molar-refractivity contribution >= 4 is 0 Å². The maximum atomic E-state index is 13.7. The van der Waals surface area contributed by atoms with Gasteiger partial charge < -0.3 is 15.6 Å². The van der Waals surface area contributed by atoms with Gasteiger partial charge in [0, 0.05) is 18.5 Å². The molecular formula is C25H30F4N2O2. The Morgan fingerprint density at radius 3 is 2.55 bits per heavy atom. The van der Waals surface area contributed by atoms with Crippen LogP contribution in [-0.4, -0.2) is 35.7 Å². The summed E-state index contributed by atoms with van der Waals surface area (Å²) in [7, 11) is 0. The van der Waals surface area contributed by atoms with Gasteiger partial charge in [0.25, 0.3) is 0 Å². The van der Waals surface area contributed by atoms with Crippen molar-refractivity contribution in [2.24, 2.45) is 11.7 Å². The van der Waals surface area contributed by atoms with Crippen LogP contribution < -0.4 is 5.73 Å². The van der Waals surface area contributed by atoms with E-state index in [1.165, 1.54) is 6.07 Å². The van der Waals surface area contributed by atoms with E-state index in [2.05, 4.69) is 4.90 Å². The zero-order valence-electron chi connectivity index (χ0n) is 18.7. The van der Waals surface area contributed by atoms with Crippen molar-refractivity contribution in [3.05, 3.63) is 64.0 Å². The van der Waals surface area contributed by atoms with Crippen LogP contribution in [0.1, 0.15) is 53.2 Å². The summed E-state index contributed by atoms with van der Waals surface area (Å²) in [6, 6.07) is 6.64. The Morgan fingerprint density at radius 1 is 1.15 bits per heavy atom. The van der Waals surface area contributed by atoms with Gasteiger partial charge in [0.2, 0.25) is 0 Å². The summed E-state index contributed by atoms with van der Waals surface area (Å²) in [4.78, 5) is 2.06. The first-order valence-electron chi connectivity index (χ1n) is 11.4. The number of hydrogen-bond acceptors (Lipinski definition) is 4. The highest BCUT2D eigenvalue weighted by Crippen LogP contribution is 2.42. The highest BCUT2D eigenvalue weighted by atomic mass is 19.4. The second-order valence-corrected chi connectivity index (χ2v) is 9.20. The maximum Gasteiger partial charge on any atom is 0.416 e. The minimum atomic E-state index is -4.57. The first-order valence-corrected chi connectivity index (χ1v) is 11.4. The lowest BCUT2D eigenvalue weighted by Gasteiger charge is -2.40. The number of hydrogen-bond donors (Lipinski definition) is 2. The number of phenolic OH excluding ortho intramolecular Hbond substituents is 1. The van der Waals surface area contributed by atoms with Crippen molar-refractivity contribution in [2.75, 3.05) is 19.6 Å². The number of fused-ring (bicyclic) bond motifs is 1. The SMILES string of the molecule is Cc1ccc2c(c1O)C[C@@H](C1CCN(Cc3cc(F)cc(C(F)(F)F)c3)CC1)O[C@H]2CCN. The number of phenols is 1. The Labute approximate surface area is 191 Å². The fraction of sp³-hybridized carbons (Fsp3) is 0.520. The smallest absolute Gasteiger partial charge is 0.416 e. The molecule has 0 amide bonds. The van der Waals surface area contributed by atoms with Crippen molar-refractivity contribution in [3.8, 4) is 5.75 Å². The van der Waals surface area contributed by atoms with E-state index < -0.39 is 17.6 Å². The van der Waals surface area contributed by atoms with Crippen molar-refractivity contribution < 1.29 is 27.4 Å². The summed E-state index contributed by atoms with van der Waals surface area (Å²) in [6.07, 6.45) is -1.81. The molecule has 2 aromatic rings. The third-order valence-corrected chi connectivity index (χ3v) is 6.89. The molecule has 2 aliphatic rings. The van der Waals surface area contributed by atoms with Crippen molar-refractivity contribution in [1.29, 1.82) is 0 Å². The van der Waals surface area contributed by atoms with Crippen LogP contribution in [0.4, 0.5) is 17.6 Å². The molecule has 2 aromatic carbocycles. The molecule has 8 heteroatoms. The average molecular weight is 467 g/mol. The largest absolute Gasteiger partial charge is 0.507 e. The highest BCUT2D eigenvalue weighted by Gasteiger charge is 2.36. The van der Waals surface area contributed by atoms with Gasteiger partial charge in [0.15, 0.2) is 0 Å². The van der Waals surface area contributed by atoms with Crippen LogP contribution in [0.2, 0.25) is 0 Å². The summed E-state index contributed by atoms with van der Waals surface area (Å²) in [5, 5.41) is 10.6. The Hall–Kier alpha value is -2.16. The number of ether oxygens (including phenoxy) is 1. The molecular weight excluding hydrogens is 436 g/mol. The number of nitrogens with two attached hydrogens (primary N) is 1. The Balaban J connectivity index is 1.42. The van der Waals surface area contributed by atoms with Crippen molar-refractivity contribution in [2.45, 2.75) is 57.5 Å². The fourth-order valence-corrected chi connectivity index (χ4v) is 5.12. The lowest BCUT2D eigenvalue weighted by atomic mass is 9.82. The molecule has 4 rings (SSSR count). The van der Waals surface area contributed by atoms with Crippen LogP contribution in [0.5, 0.6) is 5.75 Å². The van der Waals surface area contributed by atoms with Crippen molar-refractivity contribution in [3.63, 3.8) is 0 Å². The van der Waals surface area contributed by atoms with Gasteiger partial charge in [0.1, 0.15) is 11.6 Å². The molecule has 0 bridgehead atoms. The van der Waals surface area contributed by atoms with Gasteiger partial charge in [0.05, 0.1) is 17.8 Å². The number of halogens is 4. The quantitative estimate of drug-likeness (QED) is 0.602. The number of aryl methyl sites for hydroxylation is 1. The normalized spacial score (nSPS) is 22.4. The second kappa shape index (κ2) is 9.60. The molecule has 33 heavy (non-hydrogen) atoms. The first-order chi connectivity index (χ1) is 15.7. The van der Waals surface area contributed by atoms with Gasteiger partial charge in [-0.3, -0.25) is 4.90 Å². The Kier molecular flexibility index (Phi) is 6.98. The van der Waals surface area contributed by atoms with Crippen molar-refractivity contribution in [1.82, 2.24) is 4.90 Å². The summed E-state index contributed by atoms with van der Waals surface area (Å²) in [5.41, 5.74) is 7.95. The van der Waals surface area contributed by atoms with E-state index in [0.717, 1.165) is 35.6 Å². The maximum absolute atomic E-state index is 13.7. The molecule has 2 heterocycles. The third-order valence-electron chi connectivity index (χ3n) is 6.89. The molecule has 0 aliphatic carbocycles. The lowest BCUT2D eigenvalue weighted by Crippen LogP contribution is -2.41. The molecule has 0 saturated carbocycles. The van der Waals surface area contributed by atoms with E-state index in [1.54, 1.807) is 0 Å². The molecule has 1 saturated heterocycles. The molecule has 2 atom stereocenters. The topological polar surface area (TPSA) is 58.7 Å². The van der Waals surface area contributed by atoms with E-state index >= 15 is 0 Å². The second-order valence-electron chi connectivity index (χ2n) is 9.20. The van der Waals surface area contributed by atoms with E-state index in [1.807, 2.05) is 19.1 Å². The number of benzene rings is 2. The predicted octanol–water partition coefficient (Wildman–Crippen LogP) is 5.10. The van der Waals surface area contributed by atoms with Gasteiger partial charge in [-0.1, -0.05) is 12.1 Å². The average Bonchev–Trinajstić information content (AvgIpc) is 2.76. The number of nitrogens with zero attached hydrogens (tertiary/aromatic N) is 1.